The molecule has 3 rings (SSSR count). The van der Waals surface area contributed by atoms with E-state index in [9.17, 15) is 0 Å². The van der Waals surface area contributed by atoms with Crippen molar-refractivity contribution < 1.29 is 13.9 Å². The van der Waals surface area contributed by atoms with Gasteiger partial charge in [-0.1, -0.05) is 24.3 Å². The van der Waals surface area contributed by atoms with Crippen LogP contribution in [-0.2, 0) is 0 Å². The van der Waals surface area contributed by atoms with E-state index >= 15 is 0 Å². The summed E-state index contributed by atoms with van der Waals surface area (Å²) >= 11 is 0. The molecular formula is C23H23NO3. The van der Waals surface area contributed by atoms with Crippen molar-refractivity contribution in [3.63, 3.8) is 0 Å². The Morgan fingerprint density at radius 3 is 1.81 bits per heavy atom. The minimum Gasteiger partial charge on any atom is -0.490 e. The number of allylic oxidation sites excluding steroid dienone is 2. The number of ether oxygens (including phenoxy) is 2. The summed E-state index contributed by atoms with van der Waals surface area (Å²) in [5, 5.41) is 0. The summed E-state index contributed by atoms with van der Waals surface area (Å²) in [6.07, 6.45) is 9.59. The van der Waals surface area contributed by atoms with Crippen LogP contribution < -0.4 is 9.47 Å². The predicted molar refractivity (Wildman–Crippen MR) is 108 cm³/mol. The van der Waals surface area contributed by atoms with Crippen molar-refractivity contribution >= 4 is 0 Å². The highest BCUT2D eigenvalue weighted by Gasteiger charge is 2.09. The van der Waals surface area contributed by atoms with Gasteiger partial charge in [0.05, 0.1) is 6.20 Å². The van der Waals surface area contributed by atoms with Crippen LogP contribution in [0.2, 0.25) is 0 Å². The molecule has 0 saturated carbocycles. The van der Waals surface area contributed by atoms with Crippen LogP contribution in [0.3, 0.4) is 0 Å². The zero-order valence-electron chi connectivity index (χ0n) is 15.6. The maximum Gasteiger partial charge on any atom is 0.226 e. The molecule has 27 heavy (non-hydrogen) atoms. The lowest BCUT2D eigenvalue weighted by molar-refractivity contribution is 0.362. The molecular weight excluding hydrogens is 338 g/mol. The summed E-state index contributed by atoms with van der Waals surface area (Å²) in [7, 11) is 0. The van der Waals surface area contributed by atoms with E-state index < -0.39 is 0 Å². The van der Waals surface area contributed by atoms with Crippen LogP contribution >= 0.6 is 0 Å². The first-order valence-corrected chi connectivity index (χ1v) is 8.94. The van der Waals surface area contributed by atoms with Crippen LogP contribution in [0.5, 0.6) is 11.5 Å². The number of oxazole rings is 1. The molecule has 138 valence electrons. The van der Waals surface area contributed by atoms with Gasteiger partial charge in [-0.2, -0.15) is 0 Å². The molecule has 0 aliphatic rings. The SMILES string of the molecule is CC=CCOc1ccc(-c2cnc(-c3ccc(OCC=CC)cc3)o2)cc1. The highest BCUT2D eigenvalue weighted by Crippen LogP contribution is 2.28. The van der Waals surface area contributed by atoms with Crippen molar-refractivity contribution in [1.29, 1.82) is 0 Å². The van der Waals surface area contributed by atoms with Crippen LogP contribution in [0, 0.1) is 0 Å². The van der Waals surface area contributed by atoms with Gasteiger partial charge in [0.1, 0.15) is 24.7 Å². The average Bonchev–Trinajstić information content (AvgIpc) is 3.20. The molecule has 1 heterocycles. The van der Waals surface area contributed by atoms with Gasteiger partial charge in [-0.15, -0.1) is 0 Å². The Hall–Kier alpha value is -3.27. The standard InChI is InChI=1S/C23H23NO3/c1-3-5-15-25-20-11-7-18(8-12-20)22-17-24-23(27-22)19-9-13-21(14-10-19)26-16-6-4-2/h3-14,17H,15-16H2,1-2H3. The van der Waals surface area contributed by atoms with Gasteiger partial charge in [-0.05, 0) is 62.4 Å². The summed E-state index contributed by atoms with van der Waals surface area (Å²) < 4.78 is 17.1. The highest BCUT2D eigenvalue weighted by molar-refractivity contribution is 5.62. The van der Waals surface area contributed by atoms with Crippen LogP contribution in [0.1, 0.15) is 13.8 Å². The topological polar surface area (TPSA) is 44.5 Å². The molecule has 0 bridgehead atoms. The van der Waals surface area contributed by atoms with E-state index in [4.69, 9.17) is 13.9 Å². The van der Waals surface area contributed by atoms with Gasteiger partial charge in [-0.25, -0.2) is 4.98 Å². The van der Waals surface area contributed by atoms with E-state index in [-0.39, 0.29) is 0 Å². The Morgan fingerprint density at radius 2 is 1.30 bits per heavy atom. The van der Waals surface area contributed by atoms with Gasteiger partial charge in [0, 0.05) is 11.1 Å². The third kappa shape index (κ3) is 5.11. The molecule has 1 aromatic heterocycles. The predicted octanol–water partition coefficient (Wildman–Crippen LogP) is 5.92. The summed E-state index contributed by atoms with van der Waals surface area (Å²) in [5.74, 6) is 2.94. The Kier molecular flexibility index (Phi) is 6.47. The molecule has 0 spiro atoms. The maximum atomic E-state index is 5.92. The zero-order chi connectivity index (χ0) is 18.9. The van der Waals surface area contributed by atoms with Crippen molar-refractivity contribution in [1.82, 2.24) is 4.98 Å². The van der Waals surface area contributed by atoms with Gasteiger partial charge in [0.15, 0.2) is 5.76 Å². The van der Waals surface area contributed by atoms with Crippen molar-refractivity contribution in [2.24, 2.45) is 0 Å². The fourth-order valence-electron chi connectivity index (χ4n) is 2.43. The van der Waals surface area contributed by atoms with Gasteiger partial charge >= 0.3 is 0 Å². The normalized spacial score (nSPS) is 11.3. The van der Waals surface area contributed by atoms with E-state index in [0.29, 0.717) is 19.1 Å². The second kappa shape index (κ2) is 9.43. The Balaban J connectivity index is 1.67. The lowest BCUT2D eigenvalue weighted by atomic mass is 10.2. The molecule has 0 aliphatic heterocycles. The Bertz CT molecular complexity index is 816. The van der Waals surface area contributed by atoms with Gasteiger partial charge in [0.2, 0.25) is 5.89 Å². The van der Waals surface area contributed by atoms with E-state index in [1.165, 1.54) is 0 Å². The van der Waals surface area contributed by atoms with Crippen LogP contribution in [0.25, 0.3) is 22.8 Å². The number of benzene rings is 2. The number of rotatable bonds is 8. The van der Waals surface area contributed by atoms with E-state index in [2.05, 4.69) is 4.98 Å². The number of nitrogens with zero attached hydrogens (tertiary/aromatic N) is 1. The van der Waals surface area contributed by atoms with Gasteiger partial charge in [-0.3, -0.25) is 0 Å². The second-order valence-electron chi connectivity index (χ2n) is 5.84. The summed E-state index contributed by atoms with van der Waals surface area (Å²) in [4.78, 5) is 4.39. The first-order valence-electron chi connectivity index (χ1n) is 8.94. The number of aromatic nitrogens is 1. The van der Waals surface area contributed by atoms with Crippen LogP contribution in [-0.4, -0.2) is 18.2 Å². The van der Waals surface area contributed by atoms with Crippen molar-refractivity contribution in [3.05, 3.63) is 79.0 Å². The zero-order valence-corrected chi connectivity index (χ0v) is 15.6. The minimum atomic E-state index is 0.563. The molecule has 4 nitrogen and oxygen atoms in total. The summed E-state index contributed by atoms with van der Waals surface area (Å²) in [5.41, 5.74) is 1.87. The van der Waals surface area contributed by atoms with E-state index in [1.807, 2.05) is 86.7 Å². The fraction of sp³-hybridized carbons (Fsp3) is 0.174. The molecule has 0 fully saturated rings. The molecule has 0 atom stereocenters. The van der Waals surface area contributed by atoms with Crippen molar-refractivity contribution in [2.45, 2.75) is 13.8 Å². The molecule has 0 unspecified atom stereocenters. The van der Waals surface area contributed by atoms with Crippen LogP contribution in [0.4, 0.5) is 0 Å². The van der Waals surface area contributed by atoms with Crippen molar-refractivity contribution in [3.8, 4) is 34.3 Å². The first kappa shape index (κ1) is 18.5. The quantitative estimate of drug-likeness (QED) is 0.467. The smallest absolute Gasteiger partial charge is 0.226 e. The van der Waals surface area contributed by atoms with Crippen LogP contribution in [0.15, 0.2) is 83.4 Å². The molecule has 0 radical (unpaired) electrons. The maximum absolute atomic E-state index is 5.92. The molecule has 0 aliphatic carbocycles. The molecule has 0 N–H and O–H groups in total. The second-order valence-corrected chi connectivity index (χ2v) is 5.84. The number of hydrogen-bond acceptors (Lipinski definition) is 4. The lowest BCUT2D eigenvalue weighted by Gasteiger charge is -2.04. The molecule has 4 heteroatoms. The van der Waals surface area contributed by atoms with Gasteiger partial charge < -0.3 is 13.9 Å². The lowest BCUT2D eigenvalue weighted by Crippen LogP contribution is -1.92. The summed E-state index contributed by atoms with van der Waals surface area (Å²) in [6, 6.07) is 15.5. The third-order valence-corrected chi connectivity index (χ3v) is 3.91. The summed E-state index contributed by atoms with van der Waals surface area (Å²) in [6.45, 7) is 5.07. The Morgan fingerprint density at radius 1 is 0.778 bits per heavy atom. The Labute approximate surface area is 159 Å². The number of hydrogen-bond donors (Lipinski definition) is 0. The average molecular weight is 361 g/mol. The molecule has 3 aromatic rings. The van der Waals surface area contributed by atoms with E-state index in [1.54, 1.807) is 6.20 Å². The minimum absolute atomic E-state index is 0.563. The third-order valence-electron chi connectivity index (χ3n) is 3.91. The molecule has 2 aromatic carbocycles. The van der Waals surface area contributed by atoms with E-state index in [0.717, 1.165) is 28.4 Å². The van der Waals surface area contributed by atoms with Crippen molar-refractivity contribution in [2.75, 3.05) is 13.2 Å². The largest absolute Gasteiger partial charge is 0.490 e. The fourth-order valence-corrected chi connectivity index (χ4v) is 2.43. The first-order chi connectivity index (χ1) is 13.3. The monoisotopic (exact) mass is 361 g/mol. The molecule has 0 amide bonds. The highest BCUT2D eigenvalue weighted by atomic mass is 16.5. The van der Waals surface area contributed by atoms with Gasteiger partial charge in [0.25, 0.3) is 0 Å². The molecule has 0 saturated heterocycles.